The van der Waals surface area contributed by atoms with Gasteiger partial charge in [0.2, 0.25) is 0 Å². The van der Waals surface area contributed by atoms with Crippen LogP contribution >= 0.6 is 0 Å². The molecule has 2 heterocycles. The summed E-state index contributed by atoms with van der Waals surface area (Å²) in [6.07, 6.45) is 1.38. The van der Waals surface area contributed by atoms with Gasteiger partial charge < -0.3 is 15.0 Å². The number of piperidine rings is 1. The van der Waals surface area contributed by atoms with Gasteiger partial charge in [-0.2, -0.15) is 0 Å². The highest BCUT2D eigenvalue weighted by Crippen LogP contribution is 2.21. The van der Waals surface area contributed by atoms with E-state index >= 15 is 0 Å². The van der Waals surface area contributed by atoms with E-state index in [9.17, 15) is 9.59 Å². The summed E-state index contributed by atoms with van der Waals surface area (Å²) in [4.78, 5) is 28.4. The SMILES string of the molecule is Cc1ccc2cc(C(=O)N3CCCC(C(=O)O)C3)[nH]c2c1. The summed E-state index contributed by atoms with van der Waals surface area (Å²) >= 11 is 0. The smallest absolute Gasteiger partial charge is 0.308 e. The number of carboxylic acids is 1. The molecule has 1 unspecified atom stereocenters. The second kappa shape index (κ2) is 5.24. The quantitative estimate of drug-likeness (QED) is 0.890. The number of likely N-dealkylation sites (tertiary alicyclic amines) is 1. The fourth-order valence-electron chi connectivity index (χ4n) is 2.89. The van der Waals surface area contributed by atoms with Crippen LogP contribution < -0.4 is 0 Å². The van der Waals surface area contributed by atoms with E-state index < -0.39 is 11.9 Å². The Morgan fingerprint density at radius 3 is 2.90 bits per heavy atom. The summed E-state index contributed by atoms with van der Waals surface area (Å²) in [7, 11) is 0. The maximum atomic E-state index is 12.5. The molecule has 1 fully saturated rings. The summed E-state index contributed by atoms with van der Waals surface area (Å²) in [6.45, 7) is 2.92. The minimum Gasteiger partial charge on any atom is -0.481 e. The van der Waals surface area contributed by atoms with E-state index in [0.29, 0.717) is 25.2 Å². The zero-order chi connectivity index (χ0) is 15.0. The molecule has 1 saturated heterocycles. The number of nitrogens with zero attached hydrogens (tertiary/aromatic N) is 1. The maximum Gasteiger partial charge on any atom is 0.308 e. The van der Waals surface area contributed by atoms with Crippen molar-refractivity contribution in [3.8, 4) is 0 Å². The summed E-state index contributed by atoms with van der Waals surface area (Å²) in [5.74, 6) is -1.39. The number of fused-ring (bicyclic) bond motifs is 1. The van der Waals surface area contributed by atoms with E-state index in [0.717, 1.165) is 22.9 Å². The lowest BCUT2D eigenvalue weighted by molar-refractivity contribution is -0.143. The summed E-state index contributed by atoms with van der Waals surface area (Å²) in [6, 6.07) is 7.82. The van der Waals surface area contributed by atoms with Crippen LogP contribution in [0.1, 0.15) is 28.9 Å². The van der Waals surface area contributed by atoms with E-state index in [-0.39, 0.29) is 5.91 Å². The van der Waals surface area contributed by atoms with Gasteiger partial charge in [-0.3, -0.25) is 9.59 Å². The van der Waals surface area contributed by atoms with Gasteiger partial charge in [0.1, 0.15) is 5.69 Å². The lowest BCUT2D eigenvalue weighted by atomic mass is 9.98. The van der Waals surface area contributed by atoms with Crippen LogP contribution in [-0.4, -0.2) is 40.0 Å². The molecule has 3 rings (SSSR count). The average Bonchev–Trinajstić information content (AvgIpc) is 2.89. The number of carbonyl (C=O) groups excluding carboxylic acids is 1. The average molecular weight is 286 g/mol. The number of rotatable bonds is 2. The van der Waals surface area contributed by atoms with Gasteiger partial charge in [0.15, 0.2) is 0 Å². The normalized spacial score (nSPS) is 18.9. The van der Waals surface area contributed by atoms with E-state index in [2.05, 4.69) is 4.98 Å². The van der Waals surface area contributed by atoms with E-state index in [1.165, 1.54) is 0 Å². The van der Waals surface area contributed by atoms with Crippen molar-refractivity contribution in [2.24, 2.45) is 5.92 Å². The molecule has 0 spiro atoms. The number of hydrogen-bond donors (Lipinski definition) is 2. The third-order valence-electron chi connectivity index (χ3n) is 4.07. The van der Waals surface area contributed by atoms with Crippen molar-refractivity contribution in [2.45, 2.75) is 19.8 Å². The summed E-state index contributed by atoms with van der Waals surface area (Å²) in [5.41, 5.74) is 2.60. The van der Waals surface area contributed by atoms with E-state index in [1.807, 2.05) is 31.2 Å². The lowest BCUT2D eigenvalue weighted by Gasteiger charge is -2.30. The van der Waals surface area contributed by atoms with Gasteiger partial charge in [-0.1, -0.05) is 12.1 Å². The van der Waals surface area contributed by atoms with Crippen LogP contribution in [-0.2, 0) is 4.79 Å². The Bertz CT molecular complexity index is 705. The maximum absolute atomic E-state index is 12.5. The number of aliphatic carboxylic acids is 1. The predicted octanol–water partition coefficient (Wildman–Crippen LogP) is 2.41. The topological polar surface area (TPSA) is 73.4 Å². The predicted molar refractivity (Wildman–Crippen MR) is 79.3 cm³/mol. The molecule has 2 aromatic rings. The number of aromatic amines is 1. The Morgan fingerprint density at radius 2 is 2.14 bits per heavy atom. The van der Waals surface area contributed by atoms with Gasteiger partial charge in [0.05, 0.1) is 5.92 Å². The molecule has 5 heteroatoms. The molecule has 5 nitrogen and oxygen atoms in total. The van der Waals surface area contributed by atoms with E-state index in [4.69, 9.17) is 5.11 Å². The van der Waals surface area contributed by atoms with Crippen molar-refractivity contribution < 1.29 is 14.7 Å². The van der Waals surface area contributed by atoms with Crippen LogP contribution in [0.2, 0.25) is 0 Å². The first kappa shape index (κ1) is 13.7. The summed E-state index contributed by atoms with van der Waals surface area (Å²) in [5, 5.41) is 10.1. The molecule has 2 N–H and O–H groups in total. The number of amides is 1. The number of aromatic nitrogens is 1. The Morgan fingerprint density at radius 1 is 1.33 bits per heavy atom. The van der Waals surface area contributed by atoms with Crippen LogP contribution in [0, 0.1) is 12.8 Å². The standard InChI is InChI=1S/C16H18N2O3/c1-10-4-5-11-8-14(17-13(11)7-10)15(19)18-6-2-3-12(9-18)16(20)21/h4-5,7-8,12,17H,2-3,6,9H2,1H3,(H,20,21). The second-order valence-corrected chi connectivity index (χ2v) is 5.70. The molecule has 0 radical (unpaired) electrons. The number of carboxylic acid groups (broad SMARTS) is 1. The first-order chi connectivity index (χ1) is 10.0. The highest BCUT2D eigenvalue weighted by Gasteiger charge is 2.29. The fraction of sp³-hybridized carbons (Fsp3) is 0.375. The number of nitrogens with one attached hydrogen (secondary N) is 1. The van der Waals surface area contributed by atoms with Crippen LogP contribution in [0.4, 0.5) is 0 Å². The molecule has 110 valence electrons. The minimum absolute atomic E-state index is 0.116. The Labute approximate surface area is 122 Å². The largest absolute Gasteiger partial charge is 0.481 e. The summed E-state index contributed by atoms with van der Waals surface area (Å²) < 4.78 is 0. The molecule has 1 atom stereocenters. The number of benzene rings is 1. The van der Waals surface area contributed by atoms with Gasteiger partial charge in [-0.15, -0.1) is 0 Å². The monoisotopic (exact) mass is 286 g/mol. The van der Waals surface area contributed by atoms with Gasteiger partial charge >= 0.3 is 5.97 Å². The first-order valence-corrected chi connectivity index (χ1v) is 7.16. The van der Waals surface area contributed by atoms with Crippen LogP contribution in [0.5, 0.6) is 0 Å². The third-order valence-corrected chi connectivity index (χ3v) is 4.07. The number of aryl methyl sites for hydroxylation is 1. The molecule has 21 heavy (non-hydrogen) atoms. The second-order valence-electron chi connectivity index (χ2n) is 5.70. The van der Waals surface area contributed by atoms with Crippen molar-refractivity contribution in [1.29, 1.82) is 0 Å². The van der Waals surface area contributed by atoms with Gasteiger partial charge in [-0.05, 0) is 37.5 Å². The van der Waals surface area contributed by atoms with Crippen molar-refractivity contribution in [1.82, 2.24) is 9.88 Å². The minimum atomic E-state index is -0.820. The van der Waals surface area contributed by atoms with Gasteiger partial charge in [-0.25, -0.2) is 0 Å². The van der Waals surface area contributed by atoms with Crippen LogP contribution in [0.15, 0.2) is 24.3 Å². The third kappa shape index (κ3) is 2.63. The van der Waals surface area contributed by atoms with E-state index in [1.54, 1.807) is 4.90 Å². The zero-order valence-corrected chi connectivity index (χ0v) is 11.9. The lowest BCUT2D eigenvalue weighted by Crippen LogP contribution is -2.42. The Balaban J connectivity index is 1.84. The molecular formula is C16H18N2O3. The van der Waals surface area contributed by atoms with Crippen molar-refractivity contribution in [2.75, 3.05) is 13.1 Å². The molecule has 1 aliphatic rings. The number of hydrogen-bond acceptors (Lipinski definition) is 2. The van der Waals surface area contributed by atoms with Crippen LogP contribution in [0.3, 0.4) is 0 Å². The highest BCUT2D eigenvalue weighted by atomic mass is 16.4. The number of carbonyl (C=O) groups is 2. The molecular weight excluding hydrogens is 268 g/mol. The zero-order valence-electron chi connectivity index (χ0n) is 11.9. The van der Waals surface area contributed by atoms with Crippen molar-refractivity contribution >= 4 is 22.8 Å². The Kier molecular flexibility index (Phi) is 3.41. The number of H-pyrrole nitrogens is 1. The van der Waals surface area contributed by atoms with Crippen molar-refractivity contribution in [3.05, 3.63) is 35.5 Å². The molecule has 1 amide bonds. The van der Waals surface area contributed by atoms with Gasteiger partial charge in [0, 0.05) is 24.0 Å². The molecule has 1 aromatic carbocycles. The van der Waals surface area contributed by atoms with Crippen molar-refractivity contribution in [3.63, 3.8) is 0 Å². The van der Waals surface area contributed by atoms with Gasteiger partial charge in [0.25, 0.3) is 5.91 Å². The molecule has 0 bridgehead atoms. The molecule has 1 aromatic heterocycles. The molecule has 0 aliphatic carbocycles. The first-order valence-electron chi connectivity index (χ1n) is 7.16. The highest BCUT2D eigenvalue weighted by molar-refractivity contribution is 5.98. The Hall–Kier alpha value is -2.30. The molecule has 0 saturated carbocycles. The fourth-order valence-corrected chi connectivity index (χ4v) is 2.89. The molecule has 1 aliphatic heterocycles. The van der Waals surface area contributed by atoms with Crippen LogP contribution in [0.25, 0.3) is 10.9 Å².